The number of carbonyl (C=O) groups is 1. The Balaban J connectivity index is 1.40. The van der Waals surface area contributed by atoms with Crippen LogP contribution in [0.25, 0.3) is 0 Å². The van der Waals surface area contributed by atoms with Gasteiger partial charge in [-0.1, -0.05) is 6.07 Å². The highest BCUT2D eigenvalue weighted by Gasteiger charge is 2.29. The lowest BCUT2D eigenvalue weighted by Crippen LogP contribution is -2.35. The summed E-state index contributed by atoms with van der Waals surface area (Å²) in [4.78, 5) is 12.7. The fourth-order valence-corrected chi connectivity index (χ4v) is 5.19. The highest BCUT2D eigenvalue weighted by molar-refractivity contribution is 7.91. The molecule has 0 radical (unpaired) electrons. The van der Waals surface area contributed by atoms with Crippen molar-refractivity contribution >= 4 is 21.6 Å². The van der Waals surface area contributed by atoms with Crippen LogP contribution in [0.5, 0.6) is 5.88 Å². The first-order chi connectivity index (χ1) is 13.0. The molecule has 1 atom stereocenters. The molecule has 1 unspecified atom stereocenters. The van der Waals surface area contributed by atoms with E-state index in [1.807, 2.05) is 0 Å². The fraction of sp³-hybridized carbons (Fsp3) is 0.444. The lowest BCUT2D eigenvalue weighted by atomic mass is 9.83. The van der Waals surface area contributed by atoms with Crippen LogP contribution in [0, 0.1) is 4.78 Å². The molecule has 3 N–H and O–H groups in total. The predicted molar refractivity (Wildman–Crippen MR) is 99.5 cm³/mol. The average Bonchev–Trinajstić information content (AvgIpc) is 3.24. The molecule has 5 rings (SSSR count). The van der Waals surface area contributed by atoms with Crippen LogP contribution in [0.3, 0.4) is 0 Å². The first-order valence-electron chi connectivity index (χ1n) is 9.25. The molecule has 9 heteroatoms. The summed E-state index contributed by atoms with van der Waals surface area (Å²) in [7, 11) is -3.57. The SMILES string of the molecule is N=S(=O)(NC(=O)Nc1c2c(cc3c1CC3)CCC2)c1cnn2c1OCCC2. The van der Waals surface area contributed by atoms with E-state index < -0.39 is 15.9 Å². The zero-order valence-corrected chi connectivity index (χ0v) is 15.7. The van der Waals surface area contributed by atoms with Crippen molar-refractivity contribution in [1.29, 1.82) is 4.78 Å². The molecule has 0 saturated carbocycles. The summed E-state index contributed by atoms with van der Waals surface area (Å²) >= 11 is 0. The number of nitrogens with one attached hydrogen (secondary N) is 3. The lowest BCUT2D eigenvalue weighted by molar-refractivity contribution is 0.224. The summed E-state index contributed by atoms with van der Waals surface area (Å²) in [5.41, 5.74) is 5.80. The largest absolute Gasteiger partial charge is 0.477 e. The van der Waals surface area contributed by atoms with E-state index in [9.17, 15) is 9.00 Å². The van der Waals surface area contributed by atoms with E-state index in [0.717, 1.165) is 44.2 Å². The number of anilines is 1. The van der Waals surface area contributed by atoms with Crippen molar-refractivity contribution in [3.05, 3.63) is 34.5 Å². The Morgan fingerprint density at radius 3 is 2.81 bits per heavy atom. The van der Waals surface area contributed by atoms with Crippen LogP contribution in [0.1, 0.15) is 35.1 Å². The molecule has 142 valence electrons. The van der Waals surface area contributed by atoms with E-state index in [2.05, 4.69) is 21.2 Å². The molecule has 2 aromatic rings. The molecule has 27 heavy (non-hydrogen) atoms. The lowest BCUT2D eigenvalue weighted by Gasteiger charge is -2.26. The predicted octanol–water partition coefficient (Wildman–Crippen LogP) is 2.40. The molecule has 0 saturated heterocycles. The number of ether oxygens (including phenoxy) is 1. The van der Waals surface area contributed by atoms with Gasteiger partial charge < -0.3 is 10.1 Å². The molecule has 2 amide bonds. The summed E-state index contributed by atoms with van der Waals surface area (Å²) < 4.78 is 30.5. The molecule has 8 nitrogen and oxygen atoms in total. The molecular formula is C18H21N5O3S. The van der Waals surface area contributed by atoms with Crippen molar-refractivity contribution in [3.63, 3.8) is 0 Å². The second-order valence-electron chi connectivity index (χ2n) is 7.23. The van der Waals surface area contributed by atoms with E-state index in [0.29, 0.717) is 19.0 Å². The maximum atomic E-state index is 12.9. The van der Waals surface area contributed by atoms with Crippen LogP contribution in [0.15, 0.2) is 17.2 Å². The molecule has 2 heterocycles. The van der Waals surface area contributed by atoms with Gasteiger partial charge in [0.2, 0.25) is 5.88 Å². The monoisotopic (exact) mass is 387 g/mol. The van der Waals surface area contributed by atoms with Gasteiger partial charge in [0.05, 0.1) is 12.8 Å². The van der Waals surface area contributed by atoms with Gasteiger partial charge in [0.15, 0.2) is 9.92 Å². The number of aromatic nitrogens is 2. The number of aryl methyl sites for hydroxylation is 3. The summed E-state index contributed by atoms with van der Waals surface area (Å²) in [5.74, 6) is 0.311. The van der Waals surface area contributed by atoms with Gasteiger partial charge >= 0.3 is 6.03 Å². The zero-order valence-electron chi connectivity index (χ0n) is 14.8. The van der Waals surface area contributed by atoms with Gasteiger partial charge in [-0.2, -0.15) is 5.10 Å². The van der Waals surface area contributed by atoms with E-state index >= 15 is 0 Å². The molecule has 1 aliphatic heterocycles. The minimum absolute atomic E-state index is 0.114. The van der Waals surface area contributed by atoms with E-state index in [1.165, 1.54) is 28.5 Å². The topological polar surface area (TPSA) is 109 Å². The van der Waals surface area contributed by atoms with Crippen molar-refractivity contribution in [2.24, 2.45) is 0 Å². The number of rotatable bonds is 3. The van der Waals surface area contributed by atoms with Crippen molar-refractivity contribution < 1.29 is 13.7 Å². The zero-order chi connectivity index (χ0) is 18.6. The minimum atomic E-state index is -3.57. The highest BCUT2D eigenvalue weighted by atomic mass is 32.2. The average molecular weight is 387 g/mol. The second kappa shape index (κ2) is 5.98. The summed E-state index contributed by atoms with van der Waals surface area (Å²) in [6, 6.07) is 1.63. The minimum Gasteiger partial charge on any atom is -0.477 e. The number of fused-ring (bicyclic) bond motifs is 3. The van der Waals surface area contributed by atoms with Gasteiger partial charge in [0.1, 0.15) is 4.90 Å². The number of amides is 2. The Bertz CT molecular complexity index is 1060. The molecule has 3 aliphatic rings. The quantitative estimate of drug-likeness (QED) is 0.751. The third kappa shape index (κ3) is 2.68. The normalized spacial score (nSPS) is 19.0. The highest BCUT2D eigenvalue weighted by Crippen LogP contribution is 2.39. The first kappa shape index (κ1) is 16.6. The Hall–Kier alpha value is -2.55. The number of benzene rings is 1. The molecule has 2 aliphatic carbocycles. The Kier molecular flexibility index (Phi) is 3.68. The molecule has 0 bridgehead atoms. The molecule has 1 aromatic carbocycles. The van der Waals surface area contributed by atoms with E-state index in [-0.39, 0.29) is 4.90 Å². The molecule has 1 aromatic heterocycles. The molecule has 0 spiro atoms. The van der Waals surface area contributed by atoms with Crippen LogP contribution in [0.2, 0.25) is 0 Å². The van der Waals surface area contributed by atoms with Crippen LogP contribution in [-0.2, 0) is 42.1 Å². The fourth-order valence-electron chi connectivity index (χ4n) is 4.16. The number of carbonyl (C=O) groups excluding carboxylic acids is 1. The van der Waals surface area contributed by atoms with Gasteiger partial charge in [-0.15, -0.1) is 0 Å². The summed E-state index contributed by atoms with van der Waals surface area (Å²) in [5, 5.41) is 7.00. The van der Waals surface area contributed by atoms with Crippen molar-refractivity contribution in [3.8, 4) is 5.88 Å². The van der Waals surface area contributed by atoms with Crippen LogP contribution >= 0.6 is 0 Å². The standard InChI is InChI=1S/C18H21N5O3S/c19-27(25,15-10-20-23-7-2-8-26-17(15)23)22-18(24)21-16-13-4-1-3-11(13)9-12-5-6-14(12)16/h9-10H,1-8H2,(H3,19,21,22,24,25). The van der Waals surface area contributed by atoms with Crippen molar-refractivity contribution in [2.75, 3.05) is 11.9 Å². The van der Waals surface area contributed by atoms with Gasteiger partial charge in [-0.3, -0.25) is 0 Å². The van der Waals surface area contributed by atoms with E-state index in [1.54, 1.807) is 4.68 Å². The van der Waals surface area contributed by atoms with Crippen molar-refractivity contribution in [1.82, 2.24) is 14.5 Å². The summed E-state index contributed by atoms with van der Waals surface area (Å²) in [6.07, 6.45) is 7.21. The number of nitrogens with zero attached hydrogens (tertiary/aromatic N) is 2. The number of hydrogen-bond acceptors (Lipinski definition) is 5. The third-order valence-electron chi connectivity index (χ3n) is 5.54. The Morgan fingerprint density at radius 1 is 1.19 bits per heavy atom. The Labute approximate surface area is 157 Å². The maximum absolute atomic E-state index is 12.9. The number of urea groups is 1. The molecular weight excluding hydrogens is 366 g/mol. The number of hydrogen-bond donors (Lipinski definition) is 3. The van der Waals surface area contributed by atoms with Gasteiger partial charge in [-0.25, -0.2) is 23.2 Å². The molecule has 0 fully saturated rings. The Morgan fingerprint density at radius 2 is 2.00 bits per heavy atom. The second-order valence-corrected chi connectivity index (χ2v) is 8.99. The summed E-state index contributed by atoms with van der Waals surface area (Å²) in [6.45, 7) is 1.14. The van der Waals surface area contributed by atoms with E-state index in [4.69, 9.17) is 9.52 Å². The van der Waals surface area contributed by atoms with Crippen LogP contribution < -0.4 is 14.8 Å². The maximum Gasteiger partial charge on any atom is 0.331 e. The van der Waals surface area contributed by atoms with Gasteiger partial charge in [0.25, 0.3) is 0 Å². The smallest absolute Gasteiger partial charge is 0.331 e. The first-order valence-corrected chi connectivity index (χ1v) is 10.8. The van der Waals surface area contributed by atoms with Gasteiger partial charge in [0, 0.05) is 18.7 Å². The third-order valence-corrected chi connectivity index (χ3v) is 6.91. The van der Waals surface area contributed by atoms with Crippen LogP contribution in [-0.4, -0.2) is 26.6 Å². The van der Waals surface area contributed by atoms with Crippen LogP contribution in [0.4, 0.5) is 10.5 Å². The van der Waals surface area contributed by atoms with Crippen molar-refractivity contribution in [2.45, 2.75) is 50.0 Å². The van der Waals surface area contributed by atoms with Gasteiger partial charge in [-0.05, 0) is 54.4 Å².